The van der Waals surface area contributed by atoms with Gasteiger partial charge in [-0.3, -0.25) is 4.90 Å². The summed E-state index contributed by atoms with van der Waals surface area (Å²) >= 11 is 0. The number of benzene rings is 1. The number of carbonyl (C=O) groups excluding carboxylic acids is 1. The van der Waals surface area contributed by atoms with Crippen molar-refractivity contribution in [1.82, 2.24) is 19.9 Å². The summed E-state index contributed by atoms with van der Waals surface area (Å²) in [5, 5.41) is 3.39. The molecule has 0 bridgehead atoms. The number of pyridine rings is 1. The van der Waals surface area contributed by atoms with E-state index in [0.717, 1.165) is 17.7 Å². The number of alkyl halides is 2. The zero-order valence-electron chi connectivity index (χ0n) is 19.6. The first-order valence-electron chi connectivity index (χ1n) is 11.0. The number of hydrogen-bond acceptors (Lipinski definition) is 7. The van der Waals surface area contributed by atoms with Crippen LogP contribution in [-0.4, -0.2) is 65.8 Å². The van der Waals surface area contributed by atoms with Crippen LogP contribution < -0.4 is 19.7 Å². The number of nitrogens with one attached hydrogen (secondary N) is 1. The van der Waals surface area contributed by atoms with E-state index >= 15 is 0 Å². The van der Waals surface area contributed by atoms with Crippen molar-refractivity contribution in [2.45, 2.75) is 26.0 Å². The number of halogens is 2. The van der Waals surface area contributed by atoms with Crippen LogP contribution in [-0.2, 0) is 0 Å². The Kier molecular flexibility index (Phi) is 7.23. The fourth-order valence-electron chi connectivity index (χ4n) is 3.94. The van der Waals surface area contributed by atoms with Gasteiger partial charge in [0.25, 0.3) is 0 Å². The lowest BCUT2D eigenvalue weighted by molar-refractivity contribution is -0.0498. The van der Waals surface area contributed by atoms with Gasteiger partial charge in [-0.25, -0.2) is 19.7 Å². The molecule has 2 aromatic heterocycles. The van der Waals surface area contributed by atoms with Crippen molar-refractivity contribution >= 4 is 17.5 Å². The highest BCUT2D eigenvalue weighted by Gasteiger charge is 2.29. The Balaban J connectivity index is 1.40. The number of aryl methyl sites for hydroxylation is 1. The van der Waals surface area contributed by atoms with Crippen LogP contribution in [0.15, 0.2) is 48.8 Å². The number of amides is 2. The molecule has 35 heavy (non-hydrogen) atoms. The second-order valence-electron chi connectivity index (χ2n) is 8.06. The van der Waals surface area contributed by atoms with E-state index in [0.29, 0.717) is 36.2 Å². The highest BCUT2D eigenvalue weighted by Crippen LogP contribution is 2.30. The van der Waals surface area contributed by atoms with Gasteiger partial charge in [0.15, 0.2) is 5.82 Å². The summed E-state index contributed by atoms with van der Waals surface area (Å²) in [5.41, 5.74) is 2.04. The highest BCUT2D eigenvalue weighted by atomic mass is 19.3. The lowest BCUT2D eigenvalue weighted by Crippen LogP contribution is -2.41. The largest absolute Gasteiger partial charge is 0.497 e. The summed E-state index contributed by atoms with van der Waals surface area (Å²) in [5.74, 6) is 1.55. The van der Waals surface area contributed by atoms with Crippen LogP contribution in [0.2, 0.25) is 0 Å². The molecule has 3 aromatic rings. The van der Waals surface area contributed by atoms with Crippen LogP contribution in [0.1, 0.15) is 12.1 Å². The lowest BCUT2D eigenvalue weighted by Gasteiger charge is -2.25. The van der Waals surface area contributed by atoms with E-state index in [1.54, 1.807) is 36.5 Å². The van der Waals surface area contributed by atoms with Crippen LogP contribution in [0, 0.1) is 6.92 Å². The number of anilines is 2. The molecular formula is C24H26F2N6O3. The van der Waals surface area contributed by atoms with Crippen LogP contribution in [0.25, 0.3) is 11.4 Å². The monoisotopic (exact) mass is 484 g/mol. The number of ether oxygens (including phenoxy) is 2. The standard InChI is InChI=1S/C24H26F2N6O3/c1-15-20(22-27-8-4-9-28-22)5-6-21(29-15)30-16-7-10-32(14-16)24(33)31(2)17-11-18(34-3)13-19(12-17)35-23(25)26/h4-6,8-9,11-13,16,23H,7,10,14H2,1-3H3,(H,29,30). The highest BCUT2D eigenvalue weighted by molar-refractivity contribution is 5.92. The second-order valence-corrected chi connectivity index (χ2v) is 8.06. The van der Waals surface area contributed by atoms with E-state index in [2.05, 4.69) is 25.0 Å². The molecule has 3 heterocycles. The third-order valence-electron chi connectivity index (χ3n) is 5.70. The molecule has 1 unspecified atom stereocenters. The summed E-state index contributed by atoms with van der Waals surface area (Å²) in [6.07, 6.45) is 4.11. The molecule has 2 amide bonds. The van der Waals surface area contributed by atoms with E-state index < -0.39 is 6.61 Å². The normalized spacial score (nSPS) is 15.3. The van der Waals surface area contributed by atoms with Crippen molar-refractivity contribution in [3.63, 3.8) is 0 Å². The van der Waals surface area contributed by atoms with Crippen LogP contribution >= 0.6 is 0 Å². The number of likely N-dealkylation sites (tertiary alicyclic amines) is 1. The smallest absolute Gasteiger partial charge is 0.387 e. The molecular weight excluding hydrogens is 458 g/mol. The maximum atomic E-state index is 13.1. The molecule has 11 heteroatoms. The number of nitrogens with zero attached hydrogens (tertiary/aromatic N) is 5. The van der Waals surface area contributed by atoms with Crippen molar-refractivity contribution in [3.05, 3.63) is 54.5 Å². The molecule has 1 aromatic carbocycles. The zero-order chi connectivity index (χ0) is 24.9. The Hall–Kier alpha value is -4.02. The molecule has 1 aliphatic heterocycles. The first-order chi connectivity index (χ1) is 16.8. The molecule has 1 fully saturated rings. The van der Waals surface area contributed by atoms with E-state index in [-0.39, 0.29) is 17.8 Å². The fraction of sp³-hybridized carbons (Fsp3) is 0.333. The number of aromatic nitrogens is 3. The predicted molar refractivity (Wildman–Crippen MR) is 127 cm³/mol. The van der Waals surface area contributed by atoms with Gasteiger partial charge in [0.1, 0.15) is 17.3 Å². The van der Waals surface area contributed by atoms with E-state index in [4.69, 9.17) is 4.74 Å². The van der Waals surface area contributed by atoms with E-state index in [1.165, 1.54) is 24.1 Å². The molecule has 1 aliphatic rings. The van der Waals surface area contributed by atoms with Crippen LogP contribution in [0.4, 0.5) is 25.1 Å². The minimum atomic E-state index is -2.98. The minimum Gasteiger partial charge on any atom is -0.497 e. The van der Waals surface area contributed by atoms with Gasteiger partial charge >= 0.3 is 12.6 Å². The van der Waals surface area contributed by atoms with Gasteiger partial charge in [-0.05, 0) is 31.5 Å². The molecule has 0 aliphatic carbocycles. The Bertz CT molecular complexity index is 1180. The summed E-state index contributed by atoms with van der Waals surface area (Å²) < 4.78 is 35.0. The molecule has 1 saturated heterocycles. The number of hydrogen-bond donors (Lipinski definition) is 1. The zero-order valence-corrected chi connectivity index (χ0v) is 19.6. The number of methoxy groups -OCH3 is 1. The minimum absolute atomic E-state index is 0.0149. The first kappa shape index (κ1) is 24.1. The predicted octanol–water partition coefficient (Wildman–Crippen LogP) is 4.20. The molecule has 184 valence electrons. The van der Waals surface area contributed by atoms with Crippen LogP contribution in [0.5, 0.6) is 11.5 Å². The number of urea groups is 1. The Morgan fingerprint density at radius 3 is 2.63 bits per heavy atom. The van der Waals surface area contributed by atoms with Crippen molar-refractivity contribution in [2.75, 3.05) is 37.5 Å². The van der Waals surface area contributed by atoms with Gasteiger partial charge in [0.2, 0.25) is 0 Å². The maximum Gasteiger partial charge on any atom is 0.387 e. The molecule has 1 N–H and O–H groups in total. The SMILES string of the molecule is COc1cc(OC(F)F)cc(N(C)C(=O)N2CCC(Nc3ccc(-c4ncccn4)c(C)n3)C2)c1. The summed E-state index contributed by atoms with van der Waals surface area (Å²) in [4.78, 5) is 29.3. The molecule has 9 nitrogen and oxygen atoms in total. The van der Waals surface area contributed by atoms with Crippen molar-refractivity contribution in [1.29, 1.82) is 0 Å². The summed E-state index contributed by atoms with van der Waals surface area (Å²) in [6, 6.07) is 9.62. The van der Waals surface area contributed by atoms with Gasteiger partial charge in [0.05, 0.1) is 18.5 Å². The van der Waals surface area contributed by atoms with Crippen molar-refractivity contribution in [3.8, 4) is 22.9 Å². The average molecular weight is 485 g/mol. The fourth-order valence-corrected chi connectivity index (χ4v) is 3.94. The molecule has 0 spiro atoms. The quantitative estimate of drug-likeness (QED) is 0.537. The van der Waals surface area contributed by atoms with Crippen LogP contribution in [0.3, 0.4) is 0 Å². The molecule has 1 atom stereocenters. The van der Waals surface area contributed by atoms with Gasteiger partial charge in [0, 0.05) is 62.3 Å². The summed E-state index contributed by atoms with van der Waals surface area (Å²) in [6.45, 7) is -0.0677. The molecule has 0 radical (unpaired) electrons. The average Bonchev–Trinajstić information content (AvgIpc) is 3.31. The number of rotatable bonds is 7. The van der Waals surface area contributed by atoms with E-state index in [1.807, 2.05) is 19.1 Å². The van der Waals surface area contributed by atoms with Crippen molar-refractivity contribution < 1.29 is 23.0 Å². The second kappa shape index (κ2) is 10.5. The van der Waals surface area contributed by atoms with Gasteiger partial charge in [-0.2, -0.15) is 8.78 Å². The maximum absolute atomic E-state index is 13.1. The lowest BCUT2D eigenvalue weighted by atomic mass is 10.2. The third kappa shape index (κ3) is 5.73. The Morgan fingerprint density at radius 1 is 1.20 bits per heavy atom. The third-order valence-corrected chi connectivity index (χ3v) is 5.70. The Labute approximate surface area is 201 Å². The number of carbonyl (C=O) groups is 1. The van der Waals surface area contributed by atoms with Gasteiger partial charge in [-0.1, -0.05) is 0 Å². The van der Waals surface area contributed by atoms with Gasteiger partial charge < -0.3 is 19.7 Å². The van der Waals surface area contributed by atoms with Gasteiger partial charge in [-0.15, -0.1) is 0 Å². The Morgan fingerprint density at radius 2 is 1.94 bits per heavy atom. The summed E-state index contributed by atoms with van der Waals surface area (Å²) in [7, 11) is 3.00. The topological polar surface area (TPSA) is 92.7 Å². The first-order valence-corrected chi connectivity index (χ1v) is 11.0. The van der Waals surface area contributed by atoms with E-state index in [9.17, 15) is 13.6 Å². The van der Waals surface area contributed by atoms with Crippen molar-refractivity contribution in [2.24, 2.45) is 0 Å². The molecule has 0 saturated carbocycles. The molecule has 4 rings (SSSR count).